The molecule has 3 aliphatic rings. The number of rotatable bonds is 3. The topological polar surface area (TPSA) is 60.9 Å². The number of piperidine rings is 1. The Balaban J connectivity index is 1.53. The van der Waals surface area contributed by atoms with Gasteiger partial charge in [-0.3, -0.25) is 14.4 Å². The zero-order valence-corrected chi connectivity index (χ0v) is 18.9. The number of carbonyl (C=O) groups excluding carboxylic acids is 3. The fourth-order valence-corrected chi connectivity index (χ4v) is 5.79. The van der Waals surface area contributed by atoms with Crippen LogP contribution in [0.5, 0.6) is 0 Å². The van der Waals surface area contributed by atoms with Crippen molar-refractivity contribution >= 4 is 17.7 Å². The fourth-order valence-electron chi connectivity index (χ4n) is 5.79. The summed E-state index contributed by atoms with van der Waals surface area (Å²) in [6, 6.07) is 10.2. The molecule has 31 heavy (non-hydrogen) atoms. The molecule has 3 amide bonds. The highest BCUT2D eigenvalue weighted by Crippen LogP contribution is 2.41. The first-order chi connectivity index (χ1) is 14.9. The molecule has 1 aromatic carbocycles. The number of hydrogen-bond acceptors (Lipinski definition) is 3. The third kappa shape index (κ3) is 4.35. The van der Waals surface area contributed by atoms with Crippen LogP contribution in [0.2, 0.25) is 0 Å². The lowest BCUT2D eigenvalue weighted by atomic mass is 9.84. The van der Waals surface area contributed by atoms with Crippen LogP contribution < -0.4 is 0 Å². The Bertz CT molecular complexity index is 819. The van der Waals surface area contributed by atoms with Crippen molar-refractivity contribution in [1.29, 1.82) is 0 Å². The Kier molecular flexibility index (Phi) is 6.35. The summed E-state index contributed by atoms with van der Waals surface area (Å²) in [6.07, 6.45) is 5.72. The van der Waals surface area contributed by atoms with Crippen LogP contribution in [0.3, 0.4) is 0 Å². The quantitative estimate of drug-likeness (QED) is 0.747. The average molecular weight is 426 g/mol. The van der Waals surface area contributed by atoms with Gasteiger partial charge < -0.3 is 14.7 Å². The minimum absolute atomic E-state index is 0.0123. The first kappa shape index (κ1) is 21.8. The maximum absolute atomic E-state index is 13.5. The molecular formula is C25H35N3O3. The number of nitrogens with zero attached hydrogens (tertiary/aromatic N) is 3. The normalized spacial score (nSPS) is 27.6. The lowest BCUT2D eigenvalue weighted by Gasteiger charge is -2.46. The number of amides is 3. The second kappa shape index (κ2) is 9.01. The van der Waals surface area contributed by atoms with Gasteiger partial charge in [0.25, 0.3) is 0 Å². The smallest absolute Gasteiger partial charge is 0.226 e. The minimum atomic E-state index is -0.330. The van der Waals surface area contributed by atoms with Gasteiger partial charge >= 0.3 is 0 Å². The van der Waals surface area contributed by atoms with Gasteiger partial charge in [-0.1, -0.05) is 36.8 Å². The first-order valence-corrected chi connectivity index (χ1v) is 11.8. The summed E-state index contributed by atoms with van der Waals surface area (Å²) < 4.78 is 0. The van der Waals surface area contributed by atoms with Crippen molar-refractivity contribution in [3.05, 3.63) is 35.9 Å². The van der Waals surface area contributed by atoms with Gasteiger partial charge in [0.15, 0.2) is 0 Å². The Hall–Kier alpha value is -2.37. The Morgan fingerprint density at radius 3 is 2.42 bits per heavy atom. The second-order valence-corrected chi connectivity index (χ2v) is 9.65. The van der Waals surface area contributed by atoms with Crippen molar-refractivity contribution in [2.75, 3.05) is 19.6 Å². The molecular weight excluding hydrogens is 390 g/mol. The number of benzene rings is 1. The number of carbonyl (C=O) groups is 3. The van der Waals surface area contributed by atoms with Crippen molar-refractivity contribution in [3.8, 4) is 0 Å². The van der Waals surface area contributed by atoms with Gasteiger partial charge in [0.2, 0.25) is 17.7 Å². The SMILES string of the molecule is CC(=O)N1CCC(C(=O)N2CC[C@]3(C)[C@H]2CCCCC(=O)N3Cc2ccccc2)CC1. The maximum atomic E-state index is 13.5. The molecule has 0 unspecified atom stereocenters. The van der Waals surface area contributed by atoms with Crippen LogP contribution in [0.15, 0.2) is 30.3 Å². The van der Waals surface area contributed by atoms with E-state index in [1.807, 2.05) is 23.1 Å². The van der Waals surface area contributed by atoms with Gasteiger partial charge in [-0.05, 0) is 44.6 Å². The van der Waals surface area contributed by atoms with Crippen molar-refractivity contribution < 1.29 is 14.4 Å². The fraction of sp³-hybridized carbons (Fsp3) is 0.640. The molecule has 1 aromatic rings. The molecule has 0 bridgehead atoms. The Morgan fingerprint density at radius 1 is 1.03 bits per heavy atom. The monoisotopic (exact) mass is 425 g/mol. The summed E-state index contributed by atoms with van der Waals surface area (Å²) >= 11 is 0. The van der Waals surface area contributed by atoms with Gasteiger partial charge in [-0.15, -0.1) is 0 Å². The van der Waals surface area contributed by atoms with Crippen molar-refractivity contribution in [1.82, 2.24) is 14.7 Å². The van der Waals surface area contributed by atoms with Crippen molar-refractivity contribution in [3.63, 3.8) is 0 Å². The highest BCUT2D eigenvalue weighted by molar-refractivity contribution is 5.82. The summed E-state index contributed by atoms with van der Waals surface area (Å²) in [5.41, 5.74) is 0.807. The van der Waals surface area contributed by atoms with Crippen LogP contribution >= 0.6 is 0 Å². The minimum Gasteiger partial charge on any atom is -0.343 e. The predicted molar refractivity (Wildman–Crippen MR) is 119 cm³/mol. The van der Waals surface area contributed by atoms with Crippen LogP contribution in [0.4, 0.5) is 0 Å². The molecule has 0 radical (unpaired) electrons. The molecule has 0 aromatic heterocycles. The zero-order valence-electron chi connectivity index (χ0n) is 18.9. The highest BCUT2D eigenvalue weighted by Gasteiger charge is 2.51. The summed E-state index contributed by atoms with van der Waals surface area (Å²) in [5.74, 6) is 0.515. The van der Waals surface area contributed by atoms with Gasteiger partial charge in [0.1, 0.15) is 0 Å². The number of likely N-dealkylation sites (tertiary alicyclic amines) is 3. The van der Waals surface area contributed by atoms with E-state index in [2.05, 4.69) is 28.9 Å². The molecule has 3 fully saturated rings. The van der Waals surface area contributed by atoms with E-state index in [0.717, 1.165) is 44.1 Å². The Morgan fingerprint density at radius 2 is 1.74 bits per heavy atom. The van der Waals surface area contributed by atoms with Crippen molar-refractivity contribution in [2.24, 2.45) is 5.92 Å². The summed E-state index contributed by atoms with van der Waals surface area (Å²) in [7, 11) is 0. The first-order valence-electron chi connectivity index (χ1n) is 11.8. The van der Waals surface area contributed by atoms with E-state index in [1.54, 1.807) is 6.92 Å². The summed E-state index contributed by atoms with van der Waals surface area (Å²) in [5, 5.41) is 0. The van der Waals surface area contributed by atoms with Gasteiger partial charge in [-0.25, -0.2) is 0 Å². The van der Waals surface area contributed by atoms with E-state index in [0.29, 0.717) is 32.6 Å². The molecule has 3 heterocycles. The molecule has 2 atom stereocenters. The van der Waals surface area contributed by atoms with Crippen LogP contribution in [-0.2, 0) is 20.9 Å². The molecule has 4 rings (SSSR count). The number of hydrogen-bond donors (Lipinski definition) is 0. The molecule has 0 spiro atoms. The zero-order chi connectivity index (χ0) is 22.0. The molecule has 3 aliphatic heterocycles. The third-order valence-corrected chi connectivity index (χ3v) is 7.74. The van der Waals surface area contributed by atoms with Crippen LogP contribution in [0, 0.1) is 5.92 Å². The van der Waals surface area contributed by atoms with E-state index >= 15 is 0 Å². The van der Waals surface area contributed by atoms with Gasteiger partial charge in [0.05, 0.1) is 11.6 Å². The number of fused-ring (bicyclic) bond motifs is 1. The van der Waals surface area contributed by atoms with Crippen LogP contribution in [-0.4, -0.2) is 63.6 Å². The van der Waals surface area contributed by atoms with E-state index in [9.17, 15) is 14.4 Å². The van der Waals surface area contributed by atoms with Gasteiger partial charge in [-0.2, -0.15) is 0 Å². The Labute approximate surface area is 185 Å². The summed E-state index contributed by atoms with van der Waals surface area (Å²) in [4.78, 5) is 44.4. The molecule has 0 aliphatic carbocycles. The maximum Gasteiger partial charge on any atom is 0.226 e. The second-order valence-electron chi connectivity index (χ2n) is 9.65. The molecule has 6 nitrogen and oxygen atoms in total. The third-order valence-electron chi connectivity index (χ3n) is 7.74. The summed E-state index contributed by atoms with van der Waals surface area (Å²) in [6.45, 7) is 6.44. The average Bonchev–Trinajstić information content (AvgIpc) is 3.10. The van der Waals surface area contributed by atoms with E-state index in [-0.39, 0.29) is 35.2 Å². The van der Waals surface area contributed by atoms with E-state index in [1.165, 1.54) is 0 Å². The largest absolute Gasteiger partial charge is 0.343 e. The van der Waals surface area contributed by atoms with E-state index in [4.69, 9.17) is 0 Å². The molecule has 3 saturated heterocycles. The van der Waals surface area contributed by atoms with Crippen molar-refractivity contribution in [2.45, 2.75) is 76.9 Å². The molecule has 0 saturated carbocycles. The highest BCUT2D eigenvalue weighted by atomic mass is 16.2. The van der Waals surface area contributed by atoms with E-state index < -0.39 is 0 Å². The lowest BCUT2D eigenvalue weighted by Crippen LogP contribution is -2.58. The predicted octanol–water partition coefficient (Wildman–Crippen LogP) is 3.21. The van der Waals surface area contributed by atoms with Crippen LogP contribution in [0.1, 0.15) is 64.4 Å². The molecule has 168 valence electrons. The van der Waals surface area contributed by atoms with Gasteiger partial charge in [0, 0.05) is 45.4 Å². The molecule has 6 heteroatoms. The van der Waals surface area contributed by atoms with Crippen LogP contribution in [0.25, 0.3) is 0 Å². The molecule has 0 N–H and O–H groups in total. The lowest BCUT2D eigenvalue weighted by molar-refractivity contribution is -0.146. The standard InChI is InChI=1S/C25H35N3O3/c1-19(29)26-15-12-21(13-16-26)24(31)27-17-14-25(2)22(27)10-6-7-11-23(30)28(25)18-20-8-4-3-5-9-20/h3-5,8-9,21-22H,6-7,10-18H2,1-2H3/t22-,25-/m1/s1.